The van der Waals surface area contributed by atoms with Gasteiger partial charge in [0.2, 0.25) is 0 Å². The number of hydrogen-bond donors (Lipinski definition) is 0. The van der Waals surface area contributed by atoms with Gasteiger partial charge in [-0.3, -0.25) is 0 Å². The van der Waals surface area contributed by atoms with Gasteiger partial charge in [-0.05, 0) is 23.2 Å². The first-order valence-electron chi connectivity index (χ1n) is 4.68. The van der Waals surface area contributed by atoms with Crippen LogP contribution in [0.3, 0.4) is 0 Å². The number of nitrogens with zero attached hydrogens (tertiary/aromatic N) is 3. The van der Waals surface area contributed by atoms with E-state index in [1.54, 1.807) is 12.1 Å². The SMILES string of the molecule is [N-]=[N+]=N[C@H]1COC[C@H]1c1ccc(F)cc1. The maximum Gasteiger partial charge on any atom is 0.123 e. The van der Waals surface area contributed by atoms with Crippen molar-refractivity contribution >= 4 is 0 Å². The van der Waals surface area contributed by atoms with Gasteiger partial charge in [0.05, 0.1) is 19.3 Å². The van der Waals surface area contributed by atoms with Crippen LogP contribution in [0.2, 0.25) is 0 Å². The number of rotatable bonds is 2. The van der Waals surface area contributed by atoms with Crippen LogP contribution in [-0.4, -0.2) is 19.3 Å². The molecule has 1 aromatic rings. The highest BCUT2D eigenvalue weighted by Gasteiger charge is 2.28. The lowest BCUT2D eigenvalue weighted by molar-refractivity contribution is 0.191. The lowest BCUT2D eigenvalue weighted by Gasteiger charge is -2.12. The highest BCUT2D eigenvalue weighted by molar-refractivity contribution is 5.23. The van der Waals surface area contributed by atoms with Gasteiger partial charge in [-0.2, -0.15) is 0 Å². The molecule has 0 unspecified atom stereocenters. The zero-order chi connectivity index (χ0) is 10.7. The topological polar surface area (TPSA) is 58.0 Å². The highest BCUT2D eigenvalue weighted by atomic mass is 19.1. The van der Waals surface area contributed by atoms with Gasteiger partial charge in [-0.15, -0.1) is 0 Å². The normalized spacial score (nSPS) is 24.9. The van der Waals surface area contributed by atoms with Crippen molar-refractivity contribution in [3.05, 3.63) is 46.1 Å². The van der Waals surface area contributed by atoms with Crippen LogP contribution in [0.15, 0.2) is 29.4 Å². The van der Waals surface area contributed by atoms with E-state index in [0.717, 1.165) is 5.56 Å². The summed E-state index contributed by atoms with van der Waals surface area (Å²) in [6, 6.07) is 6.03. The molecule has 4 nitrogen and oxygen atoms in total. The van der Waals surface area contributed by atoms with E-state index in [4.69, 9.17) is 10.3 Å². The van der Waals surface area contributed by atoms with Crippen LogP contribution in [0.25, 0.3) is 10.4 Å². The summed E-state index contributed by atoms with van der Waals surface area (Å²) in [7, 11) is 0. The predicted octanol–water partition coefficient (Wildman–Crippen LogP) is 2.62. The van der Waals surface area contributed by atoms with Crippen LogP contribution >= 0.6 is 0 Å². The van der Waals surface area contributed by atoms with Gasteiger partial charge < -0.3 is 4.74 Å². The van der Waals surface area contributed by atoms with Crippen molar-refractivity contribution in [1.29, 1.82) is 0 Å². The Morgan fingerprint density at radius 3 is 2.73 bits per heavy atom. The minimum atomic E-state index is -0.266. The van der Waals surface area contributed by atoms with Gasteiger partial charge in [-0.25, -0.2) is 4.39 Å². The molecule has 0 N–H and O–H groups in total. The van der Waals surface area contributed by atoms with Gasteiger partial charge in [0, 0.05) is 10.8 Å². The molecule has 5 heteroatoms. The maximum atomic E-state index is 12.7. The van der Waals surface area contributed by atoms with Gasteiger partial charge >= 0.3 is 0 Å². The number of halogens is 1. The zero-order valence-electron chi connectivity index (χ0n) is 8.01. The lowest BCUT2D eigenvalue weighted by atomic mass is 9.95. The number of benzene rings is 1. The molecule has 1 aromatic carbocycles. The summed E-state index contributed by atoms with van der Waals surface area (Å²) in [4.78, 5) is 2.78. The largest absolute Gasteiger partial charge is 0.380 e. The standard InChI is InChI=1S/C10H10FN3O/c11-8-3-1-7(2-4-8)9-5-15-6-10(9)13-14-12/h1-4,9-10H,5-6H2/t9-,10-/m0/s1. The Bertz CT molecular complexity index is 386. The van der Waals surface area contributed by atoms with E-state index in [-0.39, 0.29) is 17.8 Å². The summed E-state index contributed by atoms with van der Waals surface area (Å²) in [5.41, 5.74) is 9.33. The first-order valence-corrected chi connectivity index (χ1v) is 4.68. The van der Waals surface area contributed by atoms with Crippen molar-refractivity contribution in [3.8, 4) is 0 Å². The fraction of sp³-hybridized carbons (Fsp3) is 0.400. The summed E-state index contributed by atoms with van der Waals surface area (Å²) in [6.45, 7) is 0.960. The summed E-state index contributed by atoms with van der Waals surface area (Å²) in [5, 5.41) is 3.67. The minimum absolute atomic E-state index is 0.0431. The molecule has 1 aliphatic rings. The smallest absolute Gasteiger partial charge is 0.123 e. The molecular weight excluding hydrogens is 197 g/mol. The Morgan fingerprint density at radius 1 is 1.33 bits per heavy atom. The Labute approximate surface area is 86.3 Å². The van der Waals surface area contributed by atoms with Crippen LogP contribution in [0, 0.1) is 5.82 Å². The second kappa shape index (κ2) is 4.29. The molecule has 78 valence electrons. The van der Waals surface area contributed by atoms with Crippen LogP contribution in [-0.2, 0) is 4.74 Å². The molecule has 15 heavy (non-hydrogen) atoms. The molecule has 0 aromatic heterocycles. The van der Waals surface area contributed by atoms with Gasteiger partial charge in [0.1, 0.15) is 5.82 Å². The molecule has 1 heterocycles. The summed E-state index contributed by atoms with van der Waals surface area (Å²) >= 11 is 0. The van der Waals surface area contributed by atoms with E-state index < -0.39 is 0 Å². The highest BCUT2D eigenvalue weighted by Crippen LogP contribution is 2.28. The van der Waals surface area contributed by atoms with Crippen molar-refractivity contribution in [2.75, 3.05) is 13.2 Å². The first kappa shape index (κ1) is 9.96. The average molecular weight is 207 g/mol. The Morgan fingerprint density at radius 2 is 2.07 bits per heavy atom. The molecule has 2 atom stereocenters. The summed E-state index contributed by atoms with van der Waals surface area (Å²) in [6.07, 6.45) is 0. The molecule has 0 radical (unpaired) electrons. The molecule has 1 aliphatic heterocycles. The molecule has 0 amide bonds. The molecule has 0 saturated carbocycles. The van der Waals surface area contributed by atoms with Crippen LogP contribution < -0.4 is 0 Å². The third-order valence-corrected chi connectivity index (χ3v) is 2.55. The molecular formula is C10H10FN3O. The van der Waals surface area contributed by atoms with Crippen molar-refractivity contribution in [1.82, 2.24) is 0 Å². The van der Waals surface area contributed by atoms with Crippen molar-refractivity contribution in [3.63, 3.8) is 0 Å². The monoisotopic (exact) mass is 207 g/mol. The minimum Gasteiger partial charge on any atom is -0.380 e. The van der Waals surface area contributed by atoms with Crippen LogP contribution in [0.1, 0.15) is 11.5 Å². The molecule has 0 spiro atoms. The fourth-order valence-electron chi connectivity index (χ4n) is 1.75. The zero-order valence-corrected chi connectivity index (χ0v) is 8.01. The van der Waals surface area contributed by atoms with E-state index in [0.29, 0.717) is 13.2 Å². The summed E-state index contributed by atoms with van der Waals surface area (Å²) in [5.74, 6) is -0.223. The quantitative estimate of drug-likeness (QED) is 0.417. The van der Waals surface area contributed by atoms with Crippen LogP contribution in [0.4, 0.5) is 4.39 Å². The van der Waals surface area contributed by atoms with E-state index in [9.17, 15) is 4.39 Å². The number of hydrogen-bond acceptors (Lipinski definition) is 2. The maximum absolute atomic E-state index is 12.7. The Balaban J connectivity index is 2.22. The van der Waals surface area contributed by atoms with Crippen LogP contribution in [0.5, 0.6) is 0 Å². The lowest BCUT2D eigenvalue weighted by Crippen LogP contribution is -2.13. The molecule has 0 bridgehead atoms. The van der Waals surface area contributed by atoms with E-state index in [2.05, 4.69) is 10.0 Å². The van der Waals surface area contributed by atoms with E-state index >= 15 is 0 Å². The van der Waals surface area contributed by atoms with E-state index in [1.165, 1.54) is 12.1 Å². The van der Waals surface area contributed by atoms with E-state index in [1.807, 2.05) is 0 Å². The Kier molecular flexibility index (Phi) is 2.85. The fourth-order valence-corrected chi connectivity index (χ4v) is 1.75. The number of azide groups is 1. The molecule has 1 fully saturated rings. The van der Waals surface area contributed by atoms with Gasteiger partial charge in [0.25, 0.3) is 0 Å². The predicted molar refractivity (Wildman–Crippen MR) is 52.9 cm³/mol. The number of ether oxygens (including phenoxy) is 1. The van der Waals surface area contributed by atoms with Crippen molar-refractivity contribution in [2.45, 2.75) is 12.0 Å². The average Bonchev–Trinajstić information content (AvgIpc) is 2.68. The van der Waals surface area contributed by atoms with Gasteiger partial charge in [0.15, 0.2) is 0 Å². The second-order valence-corrected chi connectivity index (χ2v) is 3.47. The first-order chi connectivity index (χ1) is 7.31. The third kappa shape index (κ3) is 2.09. The van der Waals surface area contributed by atoms with Crippen molar-refractivity contribution < 1.29 is 9.13 Å². The second-order valence-electron chi connectivity index (χ2n) is 3.47. The third-order valence-electron chi connectivity index (χ3n) is 2.55. The summed E-state index contributed by atoms with van der Waals surface area (Å²) < 4.78 is 18.0. The Hall–Kier alpha value is -1.58. The molecule has 1 saturated heterocycles. The van der Waals surface area contributed by atoms with Crippen molar-refractivity contribution in [2.24, 2.45) is 5.11 Å². The van der Waals surface area contributed by atoms with Gasteiger partial charge in [-0.1, -0.05) is 17.2 Å². The molecule has 2 rings (SSSR count). The molecule has 0 aliphatic carbocycles.